The van der Waals surface area contributed by atoms with Gasteiger partial charge in [0.1, 0.15) is 0 Å². The van der Waals surface area contributed by atoms with Crippen molar-refractivity contribution in [3.8, 4) is 11.5 Å². The summed E-state index contributed by atoms with van der Waals surface area (Å²) >= 11 is 0. The van der Waals surface area contributed by atoms with Crippen LogP contribution in [-0.2, 0) is 9.53 Å². The number of ether oxygens (including phenoxy) is 3. The fourth-order valence-corrected chi connectivity index (χ4v) is 4.99. The van der Waals surface area contributed by atoms with Crippen LogP contribution in [-0.4, -0.2) is 57.4 Å². The van der Waals surface area contributed by atoms with Gasteiger partial charge in [-0.15, -0.1) is 0 Å². The van der Waals surface area contributed by atoms with E-state index in [-0.39, 0.29) is 12.6 Å². The molecule has 2 aromatic rings. The van der Waals surface area contributed by atoms with Crippen molar-refractivity contribution in [3.05, 3.63) is 70.9 Å². The Morgan fingerprint density at radius 1 is 1.09 bits per heavy atom. The zero-order chi connectivity index (χ0) is 24.8. The maximum atomic E-state index is 13.2. The zero-order valence-corrected chi connectivity index (χ0v) is 20.5. The van der Waals surface area contributed by atoms with Crippen LogP contribution in [0.2, 0.25) is 0 Å². The topological polar surface area (TPSA) is 89.1 Å². The number of carbonyl (C=O) groups excluding carboxylic acids is 2. The summed E-state index contributed by atoms with van der Waals surface area (Å²) in [6.45, 7) is 4.17. The largest absolute Gasteiger partial charge is 0.493 e. The predicted molar refractivity (Wildman–Crippen MR) is 132 cm³/mol. The fourth-order valence-electron chi connectivity index (χ4n) is 4.99. The van der Waals surface area contributed by atoms with Gasteiger partial charge in [0.05, 0.1) is 32.4 Å². The number of urea groups is 1. The Kier molecular flexibility index (Phi) is 7.92. The number of rotatable bonds is 8. The van der Waals surface area contributed by atoms with Gasteiger partial charge in [-0.25, -0.2) is 9.59 Å². The summed E-state index contributed by atoms with van der Waals surface area (Å²) in [6.07, 6.45) is 2.16. The van der Waals surface area contributed by atoms with Gasteiger partial charge in [0, 0.05) is 24.4 Å². The van der Waals surface area contributed by atoms with E-state index in [0.29, 0.717) is 40.8 Å². The van der Waals surface area contributed by atoms with Crippen LogP contribution in [0.25, 0.3) is 0 Å². The Hall–Kier alpha value is -3.52. The first-order valence-corrected chi connectivity index (χ1v) is 12.0. The van der Waals surface area contributed by atoms with Crippen LogP contribution in [0.15, 0.2) is 59.8 Å². The number of para-hydroxylation sites is 1. The molecule has 2 aliphatic heterocycles. The van der Waals surface area contributed by atoms with Crippen LogP contribution in [0, 0.1) is 0 Å². The summed E-state index contributed by atoms with van der Waals surface area (Å²) in [4.78, 5) is 28.3. The quantitative estimate of drug-likeness (QED) is 0.561. The number of carbonyl (C=O) groups is 2. The number of esters is 1. The monoisotopic (exact) mass is 479 g/mol. The van der Waals surface area contributed by atoms with Gasteiger partial charge in [-0.1, -0.05) is 42.5 Å². The molecule has 8 heteroatoms. The molecule has 186 valence electrons. The van der Waals surface area contributed by atoms with Gasteiger partial charge in [-0.2, -0.15) is 0 Å². The number of piperidine rings is 1. The van der Waals surface area contributed by atoms with Gasteiger partial charge in [-0.05, 0) is 43.9 Å². The Labute approximate surface area is 206 Å². The molecule has 4 rings (SSSR count). The van der Waals surface area contributed by atoms with Gasteiger partial charge in [0.15, 0.2) is 11.5 Å². The van der Waals surface area contributed by atoms with E-state index in [9.17, 15) is 9.59 Å². The molecule has 1 fully saturated rings. The van der Waals surface area contributed by atoms with Crippen LogP contribution in [0.4, 0.5) is 4.79 Å². The van der Waals surface area contributed by atoms with Crippen molar-refractivity contribution in [3.63, 3.8) is 0 Å². The van der Waals surface area contributed by atoms with E-state index in [0.717, 1.165) is 25.9 Å². The summed E-state index contributed by atoms with van der Waals surface area (Å²) in [5, 5.41) is 5.78. The highest BCUT2D eigenvalue weighted by Crippen LogP contribution is 2.39. The molecule has 2 amide bonds. The molecule has 0 saturated carbocycles. The van der Waals surface area contributed by atoms with Crippen molar-refractivity contribution in [2.24, 2.45) is 0 Å². The molecular weight excluding hydrogens is 446 g/mol. The van der Waals surface area contributed by atoms with E-state index in [1.54, 1.807) is 20.1 Å². The van der Waals surface area contributed by atoms with Crippen molar-refractivity contribution < 1.29 is 23.8 Å². The fraction of sp³-hybridized carbons (Fsp3) is 0.407. The lowest BCUT2D eigenvalue weighted by Crippen LogP contribution is -2.49. The number of nitrogens with zero attached hydrogens (tertiary/aromatic N) is 1. The van der Waals surface area contributed by atoms with Gasteiger partial charge < -0.3 is 24.8 Å². The molecule has 8 nitrogen and oxygen atoms in total. The van der Waals surface area contributed by atoms with Gasteiger partial charge in [-0.3, -0.25) is 4.90 Å². The van der Waals surface area contributed by atoms with E-state index in [1.807, 2.05) is 18.2 Å². The molecule has 2 aromatic carbocycles. The third-order valence-electron chi connectivity index (χ3n) is 6.55. The molecule has 2 unspecified atom stereocenters. The summed E-state index contributed by atoms with van der Waals surface area (Å²) in [5.41, 5.74) is 2.86. The van der Waals surface area contributed by atoms with Crippen molar-refractivity contribution in [1.82, 2.24) is 15.5 Å². The van der Waals surface area contributed by atoms with E-state index in [4.69, 9.17) is 14.2 Å². The number of amides is 2. The standard InChI is InChI=1S/C27H33N3O5/c1-4-35-26(31)23-21(17-30-15-9-12-19(16-30)18-10-6-5-7-11-18)28-27(32)29-24(23)20-13-8-14-22(33-2)25(20)34-3/h5-8,10-11,13-14,19,24H,4,9,12,15-17H2,1-3H3,(H2,28,29,32). The molecular formula is C27H33N3O5. The number of likely N-dealkylation sites (tertiary alicyclic amines) is 1. The second-order valence-corrected chi connectivity index (χ2v) is 8.71. The van der Waals surface area contributed by atoms with Crippen molar-refractivity contribution in [2.45, 2.75) is 31.7 Å². The first-order valence-electron chi connectivity index (χ1n) is 12.0. The van der Waals surface area contributed by atoms with E-state index in [2.05, 4.69) is 39.8 Å². The van der Waals surface area contributed by atoms with E-state index >= 15 is 0 Å². The number of hydrogen-bond acceptors (Lipinski definition) is 6. The third kappa shape index (κ3) is 5.43. The van der Waals surface area contributed by atoms with Crippen LogP contribution in [0.1, 0.15) is 42.9 Å². The highest BCUT2D eigenvalue weighted by atomic mass is 16.5. The Morgan fingerprint density at radius 2 is 1.89 bits per heavy atom. The third-order valence-corrected chi connectivity index (χ3v) is 6.55. The SMILES string of the molecule is CCOC(=O)C1=C(CN2CCCC(c3ccccc3)C2)NC(=O)NC1c1cccc(OC)c1OC. The Balaban J connectivity index is 1.70. The summed E-state index contributed by atoms with van der Waals surface area (Å²) in [7, 11) is 3.09. The smallest absolute Gasteiger partial charge is 0.338 e. The highest BCUT2D eigenvalue weighted by molar-refractivity contribution is 5.95. The lowest BCUT2D eigenvalue weighted by atomic mass is 9.90. The molecule has 0 aromatic heterocycles. The lowest BCUT2D eigenvalue weighted by Gasteiger charge is -2.36. The molecule has 2 N–H and O–H groups in total. The van der Waals surface area contributed by atoms with Crippen LogP contribution < -0.4 is 20.1 Å². The van der Waals surface area contributed by atoms with Gasteiger partial charge in [0.2, 0.25) is 0 Å². The average molecular weight is 480 g/mol. The molecule has 2 heterocycles. The maximum absolute atomic E-state index is 13.2. The van der Waals surface area contributed by atoms with E-state index < -0.39 is 12.0 Å². The number of methoxy groups -OCH3 is 2. The summed E-state index contributed by atoms with van der Waals surface area (Å²) in [5.74, 6) is 0.916. The minimum absolute atomic E-state index is 0.228. The number of nitrogens with one attached hydrogen (secondary N) is 2. The van der Waals surface area contributed by atoms with Crippen molar-refractivity contribution in [1.29, 1.82) is 0 Å². The van der Waals surface area contributed by atoms with E-state index in [1.165, 1.54) is 12.7 Å². The van der Waals surface area contributed by atoms with Crippen LogP contribution in [0.5, 0.6) is 11.5 Å². The molecule has 0 bridgehead atoms. The minimum Gasteiger partial charge on any atom is -0.493 e. The Morgan fingerprint density at radius 3 is 2.60 bits per heavy atom. The lowest BCUT2D eigenvalue weighted by molar-refractivity contribution is -0.139. The first-order chi connectivity index (χ1) is 17.0. The van der Waals surface area contributed by atoms with Crippen LogP contribution >= 0.6 is 0 Å². The number of benzene rings is 2. The molecule has 2 atom stereocenters. The minimum atomic E-state index is -0.738. The molecule has 35 heavy (non-hydrogen) atoms. The highest BCUT2D eigenvalue weighted by Gasteiger charge is 2.37. The van der Waals surface area contributed by atoms with Crippen molar-refractivity contribution in [2.75, 3.05) is 40.5 Å². The van der Waals surface area contributed by atoms with Crippen molar-refractivity contribution >= 4 is 12.0 Å². The second kappa shape index (κ2) is 11.3. The Bertz CT molecular complexity index is 1090. The predicted octanol–water partition coefficient (Wildman–Crippen LogP) is 3.75. The molecule has 0 radical (unpaired) electrons. The first kappa shape index (κ1) is 24.6. The summed E-state index contributed by atoms with van der Waals surface area (Å²) < 4.78 is 16.5. The zero-order valence-electron chi connectivity index (χ0n) is 20.5. The van der Waals surface area contributed by atoms with Gasteiger partial charge in [0.25, 0.3) is 0 Å². The molecule has 0 aliphatic carbocycles. The maximum Gasteiger partial charge on any atom is 0.338 e. The average Bonchev–Trinajstić information content (AvgIpc) is 2.88. The second-order valence-electron chi connectivity index (χ2n) is 8.71. The van der Waals surface area contributed by atoms with Crippen LogP contribution in [0.3, 0.4) is 0 Å². The number of hydrogen-bond donors (Lipinski definition) is 2. The van der Waals surface area contributed by atoms with Gasteiger partial charge >= 0.3 is 12.0 Å². The normalized spacial score (nSPS) is 20.6. The molecule has 1 saturated heterocycles. The molecule has 0 spiro atoms. The summed E-state index contributed by atoms with van der Waals surface area (Å²) in [6, 6.07) is 14.8. The molecule has 2 aliphatic rings.